The van der Waals surface area contributed by atoms with Crippen LogP contribution in [0.1, 0.15) is 11.6 Å². The van der Waals surface area contributed by atoms with Crippen molar-refractivity contribution in [3.05, 3.63) is 47.4 Å². The Labute approximate surface area is 147 Å². The van der Waals surface area contributed by atoms with E-state index in [4.69, 9.17) is 0 Å². The molecule has 0 bridgehead atoms. The van der Waals surface area contributed by atoms with E-state index in [2.05, 4.69) is 37.7 Å². The van der Waals surface area contributed by atoms with Crippen LogP contribution >= 0.6 is 23.1 Å². The van der Waals surface area contributed by atoms with E-state index in [1.54, 1.807) is 11.3 Å². The van der Waals surface area contributed by atoms with E-state index in [0.29, 0.717) is 0 Å². The minimum absolute atomic E-state index is 0.769. The zero-order valence-electron chi connectivity index (χ0n) is 13.5. The molecule has 4 rings (SSSR count). The first-order valence-electron chi connectivity index (χ1n) is 7.48. The summed E-state index contributed by atoms with van der Waals surface area (Å²) in [5, 5.41) is 13.4. The third-order valence-electron chi connectivity index (χ3n) is 3.84. The molecular formula is C17H15N5S2. The van der Waals surface area contributed by atoms with E-state index in [1.807, 2.05) is 43.7 Å². The highest BCUT2D eigenvalue weighted by molar-refractivity contribution is 7.99. The second-order valence-electron chi connectivity index (χ2n) is 5.46. The molecule has 0 amide bonds. The maximum Gasteiger partial charge on any atom is 0.197 e. The molecule has 0 spiro atoms. The molecule has 1 aromatic carbocycles. The molecule has 4 aromatic rings. The van der Waals surface area contributed by atoms with Crippen molar-refractivity contribution in [1.29, 1.82) is 0 Å². The summed E-state index contributed by atoms with van der Waals surface area (Å²) in [4.78, 5) is 10.3. The molecule has 24 heavy (non-hydrogen) atoms. The zero-order chi connectivity index (χ0) is 16.7. The average molecular weight is 353 g/mol. The molecule has 0 fully saturated rings. The fraction of sp³-hybridized carbons (Fsp3) is 0.176. The Bertz CT molecular complexity index is 1020. The summed E-state index contributed by atoms with van der Waals surface area (Å²) in [7, 11) is 1.97. The summed E-state index contributed by atoms with van der Waals surface area (Å²) in [6.45, 7) is 3.87. The van der Waals surface area contributed by atoms with Gasteiger partial charge in [-0.25, -0.2) is 9.97 Å². The number of nitrogens with zero attached hydrogens (tertiary/aromatic N) is 5. The molecule has 0 aliphatic heterocycles. The SMILES string of the molecule is Cc1nc(Sc2nnc(C)n2C)c2c(-c3ccccc3)csc2n1. The summed E-state index contributed by atoms with van der Waals surface area (Å²) in [5.41, 5.74) is 2.34. The lowest BCUT2D eigenvalue weighted by Crippen LogP contribution is -1.96. The second-order valence-corrected chi connectivity index (χ2v) is 7.28. The Morgan fingerprint density at radius 1 is 1.04 bits per heavy atom. The standard InChI is InChI=1S/C17H15N5S2/c1-10-18-15-14(13(9-23-15)12-7-5-4-6-8-12)16(19-10)24-17-21-20-11(2)22(17)3/h4-9H,1-3H3. The lowest BCUT2D eigenvalue weighted by molar-refractivity contribution is 0.764. The third kappa shape index (κ3) is 2.59. The lowest BCUT2D eigenvalue weighted by atomic mass is 10.1. The Morgan fingerprint density at radius 3 is 2.54 bits per heavy atom. The van der Waals surface area contributed by atoms with Crippen molar-refractivity contribution in [2.45, 2.75) is 24.0 Å². The topological polar surface area (TPSA) is 56.5 Å². The number of aryl methyl sites for hydroxylation is 2. The van der Waals surface area contributed by atoms with Gasteiger partial charge in [0.2, 0.25) is 0 Å². The van der Waals surface area contributed by atoms with E-state index in [1.165, 1.54) is 17.3 Å². The van der Waals surface area contributed by atoms with E-state index in [0.717, 1.165) is 37.6 Å². The molecule has 3 aromatic heterocycles. The van der Waals surface area contributed by atoms with Crippen LogP contribution in [0.4, 0.5) is 0 Å². The van der Waals surface area contributed by atoms with Crippen LogP contribution in [0.15, 0.2) is 45.9 Å². The molecule has 0 aliphatic rings. The first-order valence-corrected chi connectivity index (χ1v) is 9.18. The zero-order valence-corrected chi connectivity index (χ0v) is 15.1. The highest BCUT2D eigenvalue weighted by atomic mass is 32.2. The molecule has 0 radical (unpaired) electrons. The van der Waals surface area contributed by atoms with Gasteiger partial charge in [-0.1, -0.05) is 30.3 Å². The van der Waals surface area contributed by atoms with Gasteiger partial charge in [0.1, 0.15) is 21.5 Å². The normalized spacial score (nSPS) is 11.3. The van der Waals surface area contributed by atoms with Gasteiger partial charge in [0.25, 0.3) is 0 Å². The van der Waals surface area contributed by atoms with E-state index >= 15 is 0 Å². The van der Waals surface area contributed by atoms with Crippen LogP contribution in [0.25, 0.3) is 21.3 Å². The molecule has 0 aliphatic carbocycles. The minimum Gasteiger partial charge on any atom is -0.309 e. The van der Waals surface area contributed by atoms with Crippen molar-refractivity contribution in [2.24, 2.45) is 7.05 Å². The predicted octanol–water partition coefficient (Wildman–Crippen LogP) is 4.25. The summed E-state index contributed by atoms with van der Waals surface area (Å²) in [5.74, 6) is 1.65. The lowest BCUT2D eigenvalue weighted by Gasteiger charge is -2.06. The number of hydrogen-bond acceptors (Lipinski definition) is 6. The third-order valence-corrected chi connectivity index (χ3v) is 5.74. The molecule has 0 unspecified atom stereocenters. The Balaban J connectivity index is 1.91. The van der Waals surface area contributed by atoms with Crippen LogP contribution in [-0.4, -0.2) is 24.7 Å². The van der Waals surface area contributed by atoms with Crippen LogP contribution in [0.5, 0.6) is 0 Å². The van der Waals surface area contributed by atoms with Crippen LogP contribution in [0.2, 0.25) is 0 Å². The molecule has 7 heteroatoms. The molecule has 3 heterocycles. The van der Waals surface area contributed by atoms with Crippen molar-refractivity contribution in [3.63, 3.8) is 0 Å². The highest BCUT2D eigenvalue weighted by Crippen LogP contribution is 2.39. The number of benzene rings is 1. The van der Waals surface area contributed by atoms with Gasteiger partial charge in [-0.15, -0.1) is 21.5 Å². The summed E-state index contributed by atoms with van der Waals surface area (Å²) in [6.07, 6.45) is 0. The molecule has 0 N–H and O–H groups in total. The van der Waals surface area contributed by atoms with Crippen molar-refractivity contribution >= 4 is 33.3 Å². The van der Waals surface area contributed by atoms with Gasteiger partial charge >= 0.3 is 0 Å². The summed E-state index contributed by atoms with van der Waals surface area (Å²) >= 11 is 3.19. The Morgan fingerprint density at radius 2 is 1.83 bits per heavy atom. The fourth-order valence-electron chi connectivity index (χ4n) is 2.48. The Hall–Kier alpha value is -2.25. The van der Waals surface area contributed by atoms with E-state index in [-0.39, 0.29) is 0 Å². The fourth-order valence-corrected chi connectivity index (χ4v) is 4.55. The molecule has 5 nitrogen and oxygen atoms in total. The second kappa shape index (κ2) is 5.99. The van der Waals surface area contributed by atoms with Crippen LogP contribution < -0.4 is 0 Å². The first kappa shape index (κ1) is 15.3. The highest BCUT2D eigenvalue weighted by Gasteiger charge is 2.17. The molecule has 120 valence electrons. The van der Waals surface area contributed by atoms with Crippen molar-refractivity contribution < 1.29 is 0 Å². The molecule has 0 saturated heterocycles. The van der Waals surface area contributed by atoms with E-state index in [9.17, 15) is 0 Å². The smallest absolute Gasteiger partial charge is 0.197 e. The van der Waals surface area contributed by atoms with Gasteiger partial charge in [-0.2, -0.15) is 0 Å². The van der Waals surface area contributed by atoms with Gasteiger partial charge in [-0.05, 0) is 31.2 Å². The van der Waals surface area contributed by atoms with Crippen LogP contribution in [-0.2, 0) is 7.05 Å². The maximum atomic E-state index is 4.68. The first-order chi connectivity index (χ1) is 11.6. The van der Waals surface area contributed by atoms with Crippen molar-refractivity contribution in [2.75, 3.05) is 0 Å². The molecule has 0 saturated carbocycles. The number of aromatic nitrogens is 5. The van der Waals surface area contributed by atoms with Crippen molar-refractivity contribution in [1.82, 2.24) is 24.7 Å². The van der Waals surface area contributed by atoms with E-state index < -0.39 is 0 Å². The minimum atomic E-state index is 0.769. The van der Waals surface area contributed by atoms with Crippen LogP contribution in [0.3, 0.4) is 0 Å². The number of fused-ring (bicyclic) bond motifs is 1. The van der Waals surface area contributed by atoms with Crippen molar-refractivity contribution in [3.8, 4) is 11.1 Å². The monoisotopic (exact) mass is 353 g/mol. The van der Waals surface area contributed by atoms with Gasteiger partial charge in [-0.3, -0.25) is 0 Å². The summed E-state index contributed by atoms with van der Waals surface area (Å²) in [6, 6.07) is 10.3. The summed E-state index contributed by atoms with van der Waals surface area (Å²) < 4.78 is 1.97. The number of thiophene rings is 1. The van der Waals surface area contributed by atoms with Gasteiger partial charge in [0.15, 0.2) is 5.16 Å². The van der Waals surface area contributed by atoms with Gasteiger partial charge in [0.05, 0.1) is 5.39 Å². The number of hydrogen-bond donors (Lipinski definition) is 0. The van der Waals surface area contributed by atoms with Crippen LogP contribution in [0, 0.1) is 13.8 Å². The predicted molar refractivity (Wildman–Crippen MR) is 97.5 cm³/mol. The molecular weight excluding hydrogens is 338 g/mol. The Kier molecular flexibility index (Phi) is 3.82. The number of rotatable bonds is 3. The largest absolute Gasteiger partial charge is 0.309 e. The maximum absolute atomic E-state index is 4.68. The van der Waals surface area contributed by atoms with Gasteiger partial charge < -0.3 is 4.57 Å². The quantitative estimate of drug-likeness (QED) is 0.515. The average Bonchev–Trinajstić information content (AvgIpc) is 3.14. The molecule has 0 atom stereocenters. The van der Waals surface area contributed by atoms with Gasteiger partial charge in [0, 0.05) is 18.0 Å².